The highest BCUT2D eigenvalue weighted by molar-refractivity contribution is 9.10. The van der Waals surface area contributed by atoms with Crippen molar-refractivity contribution in [3.05, 3.63) is 33.8 Å². The van der Waals surface area contributed by atoms with Gasteiger partial charge in [-0.25, -0.2) is 9.28 Å². The molecule has 1 saturated carbocycles. The molecule has 1 amide bonds. The molecule has 7 heteroatoms. The molecule has 6 nitrogen and oxygen atoms in total. The molecular formula is C22H27BrNO5+. The number of carbonyl (C=O) groups is 3. The predicted molar refractivity (Wildman–Crippen MR) is 110 cm³/mol. The number of piperidine rings is 1. The number of amides is 1. The Hall–Kier alpha value is -1.73. The first-order valence-corrected chi connectivity index (χ1v) is 11.0. The first-order valence-electron chi connectivity index (χ1n) is 10.2. The first-order chi connectivity index (χ1) is 13.5. The number of carboxylic acids is 1. The van der Waals surface area contributed by atoms with Crippen molar-refractivity contribution in [2.24, 2.45) is 11.8 Å². The number of hydrogen-bond donors (Lipinski definition) is 2. The lowest BCUT2D eigenvalue weighted by Gasteiger charge is -2.58. The second kappa shape index (κ2) is 6.38. The van der Waals surface area contributed by atoms with E-state index in [0.29, 0.717) is 37.7 Å². The molecule has 0 aromatic heterocycles. The van der Waals surface area contributed by atoms with Crippen LogP contribution in [0.4, 0.5) is 4.79 Å². The van der Waals surface area contributed by atoms with Crippen LogP contribution in [-0.2, 0) is 11.2 Å². The highest BCUT2D eigenvalue weighted by atomic mass is 79.9. The molecule has 2 bridgehead atoms. The Bertz CT molecular complexity index is 922. The molecule has 0 spiro atoms. The Kier molecular flexibility index (Phi) is 4.52. The Morgan fingerprint density at radius 1 is 1.17 bits per heavy atom. The summed E-state index contributed by atoms with van der Waals surface area (Å²) in [5.74, 6) is -2.52. The van der Waals surface area contributed by atoms with Gasteiger partial charge in [0.1, 0.15) is 11.6 Å². The van der Waals surface area contributed by atoms with Crippen molar-refractivity contribution in [2.75, 3.05) is 0 Å². The third-order valence-electron chi connectivity index (χ3n) is 7.74. The Labute approximate surface area is 178 Å². The smallest absolute Gasteiger partial charge is 0.477 e. The summed E-state index contributed by atoms with van der Waals surface area (Å²) in [6.45, 7) is 5.41. The maximum atomic E-state index is 13.7. The largest absolute Gasteiger partial charge is 0.515 e. The molecule has 0 radical (unpaired) electrons. The lowest BCUT2D eigenvalue weighted by Crippen LogP contribution is -2.82. The van der Waals surface area contributed by atoms with Crippen LogP contribution in [0.15, 0.2) is 22.7 Å². The average Bonchev–Trinajstić information content (AvgIpc) is 3.19. The van der Waals surface area contributed by atoms with E-state index in [0.717, 1.165) is 10.0 Å². The van der Waals surface area contributed by atoms with E-state index >= 15 is 0 Å². The van der Waals surface area contributed by atoms with Gasteiger partial charge in [-0.2, -0.15) is 4.79 Å². The number of ketones is 1. The predicted octanol–water partition coefficient (Wildman–Crippen LogP) is 4.49. The van der Waals surface area contributed by atoms with E-state index in [2.05, 4.69) is 15.9 Å². The number of hydrogen-bond acceptors (Lipinski definition) is 3. The van der Waals surface area contributed by atoms with Gasteiger partial charge in [0.2, 0.25) is 5.54 Å². The minimum Gasteiger partial charge on any atom is -0.477 e. The Morgan fingerprint density at radius 3 is 2.45 bits per heavy atom. The number of fused-ring (bicyclic) bond motifs is 3. The zero-order chi connectivity index (χ0) is 21.4. The van der Waals surface area contributed by atoms with E-state index in [1.54, 1.807) is 32.9 Å². The molecule has 1 aromatic carbocycles. The minimum absolute atomic E-state index is 0.221. The number of nitrogens with zero attached hydrogens (tertiary/aromatic N) is 1. The SMILES string of the molecule is CC(C)(C)[N+]1(C(=O)O)[C@@H]2CC[C@@H](C2)C1(C(=O)O)C1CCc2cc(Br)ccc2C1=O. The summed E-state index contributed by atoms with van der Waals surface area (Å²) in [6, 6.07) is 5.15. The summed E-state index contributed by atoms with van der Waals surface area (Å²) >= 11 is 3.43. The lowest BCUT2D eigenvalue weighted by atomic mass is 9.63. The van der Waals surface area contributed by atoms with E-state index in [9.17, 15) is 24.6 Å². The van der Waals surface area contributed by atoms with Crippen molar-refractivity contribution >= 4 is 33.8 Å². The van der Waals surface area contributed by atoms with Crippen molar-refractivity contribution in [1.82, 2.24) is 0 Å². The van der Waals surface area contributed by atoms with Gasteiger partial charge in [-0.3, -0.25) is 4.79 Å². The average molecular weight is 465 g/mol. The highest BCUT2D eigenvalue weighted by Crippen LogP contribution is 2.62. The zero-order valence-electron chi connectivity index (χ0n) is 16.9. The fourth-order valence-corrected chi connectivity index (χ4v) is 7.46. The summed E-state index contributed by atoms with van der Waals surface area (Å²) in [5, 5.41) is 21.2. The van der Waals surface area contributed by atoms with Crippen LogP contribution in [0.3, 0.4) is 0 Å². The number of Topliss-reactive ketones (excluding diaryl/α,β-unsaturated/α-hetero) is 1. The molecule has 5 atom stereocenters. The van der Waals surface area contributed by atoms with Crippen LogP contribution < -0.4 is 0 Å². The van der Waals surface area contributed by atoms with Gasteiger partial charge in [0, 0.05) is 28.8 Å². The molecule has 2 aliphatic carbocycles. The van der Waals surface area contributed by atoms with Crippen molar-refractivity contribution < 1.29 is 29.1 Å². The highest BCUT2D eigenvalue weighted by Gasteiger charge is 2.82. The summed E-state index contributed by atoms with van der Waals surface area (Å²) in [5.41, 5.74) is -1.07. The summed E-state index contributed by atoms with van der Waals surface area (Å²) in [4.78, 5) is 39.6. The summed E-state index contributed by atoms with van der Waals surface area (Å²) in [7, 11) is 0. The van der Waals surface area contributed by atoms with Gasteiger partial charge < -0.3 is 10.2 Å². The van der Waals surface area contributed by atoms with Crippen LogP contribution in [-0.4, -0.2) is 49.7 Å². The number of aryl methyl sites for hydroxylation is 1. The Morgan fingerprint density at radius 2 is 1.86 bits per heavy atom. The quantitative estimate of drug-likeness (QED) is 0.628. The van der Waals surface area contributed by atoms with Crippen LogP contribution >= 0.6 is 15.9 Å². The zero-order valence-corrected chi connectivity index (χ0v) is 18.5. The van der Waals surface area contributed by atoms with Gasteiger partial charge in [-0.1, -0.05) is 22.0 Å². The molecule has 3 unspecified atom stereocenters. The molecule has 29 heavy (non-hydrogen) atoms. The normalized spacial score (nSPS) is 36.1. The molecule has 2 fully saturated rings. The Balaban J connectivity index is 1.97. The molecule has 1 saturated heterocycles. The van der Waals surface area contributed by atoms with Gasteiger partial charge in [-0.15, -0.1) is 0 Å². The van der Waals surface area contributed by atoms with Crippen LogP contribution in [0.5, 0.6) is 0 Å². The molecule has 156 valence electrons. The van der Waals surface area contributed by atoms with E-state index in [1.807, 2.05) is 6.07 Å². The van der Waals surface area contributed by atoms with Crippen molar-refractivity contribution in [2.45, 2.75) is 70.0 Å². The number of carbonyl (C=O) groups excluding carboxylic acids is 1. The number of aliphatic carboxylic acids is 1. The molecule has 3 aliphatic rings. The third kappa shape index (κ3) is 2.34. The van der Waals surface area contributed by atoms with Gasteiger partial charge in [0.25, 0.3) is 0 Å². The molecule has 2 N–H and O–H groups in total. The summed E-state index contributed by atoms with van der Waals surface area (Å²) < 4.78 is 0.322. The van der Waals surface area contributed by atoms with Crippen molar-refractivity contribution in [3.8, 4) is 0 Å². The number of carboxylic acid groups (broad SMARTS) is 2. The fourth-order valence-electron chi connectivity index (χ4n) is 7.06. The van der Waals surface area contributed by atoms with Gasteiger partial charge >= 0.3 is 12.1 Å². The van der Waals surface area contributed by atoms with Crippen LogP contribution in [0.25, 0.3) is 0 Å². The third-order valence-corrected chi connectivity index (χ3v) is 8.24. The number of rotatable bonds is 2. The topological polar surface area (TPSA) is 91.7 Å². The minimum atomic E-state index is -1.64. The maximum absolute atomic E-state index is 13.7. The number of benzene rings is 1. The van der Waals surface area contributed by atoms with Gasteiger partial charge in [0.15, 0.2) is 5.78 Å². The van der Waals surface area contributed by atoms with E-state index in [1.165, 1.54) is 0 Å². The standard InChI is InChI=1S/C22H26BrNO5/c1-21(2,3)24(20(28)29)15-7-5-13(11-15)22(24,19(26)27)17-9-4-12-10-14(23)6-8-16(12)18(17)25/h6,8,10,13,15,17H,4-5,7,9,11H2,1-3H3,(H-,26,27,28,29)/p+1/t13-,15+,17?,22?,24?/m0/s1. The van der Waals surface area contributed by atoms with E-state index < -0.39 is 33.5 Å². The van der Waals surface area contributed by atoms with E-state index in [4.69, 9.17) is 0 Å². The number of likely N-dealkylation sites (tertiary alicyclic amines) is 1. The number of halogens is 1. The lowest BCUT2D eigenvalue weighted by molar-refractivity contribution is -0.959. The maximum Gasteiger partial charge on any atom is 0.515 e. The van der Waals surface area contributed by atoms with Gasteiger partial charge in [0.05, 0.1) is 5.92 Å². The number of quaternary nitrogens is 1. The molecule has 1 heterocycles. The van der Waals surface area contributed by atoms with Crippen LogP contribution in [0, 0.1) is 11.8 Å². The second-order valence-corrected chi connectivity index (χ2v) is 10.6. The molecular weight excluding hydrogens is 438 g/mol. The molecule has 1 aromatic rings. The molecule has 4 rings (SSSR count). The molecule has 1 aliphatic heterocycles. The summed E-state index contributed by atoms with van der Waals surface area (Å²) in [6.07, 6.45) is 1.71. The van der Waals surface area contributed by atoms with Crippen molar-refractivity contribution in [3.63, 3.8) is 0 Å². The van der Waals surface area contributed by atoms with Gasteiger partial charge in [-0.05, 0) is 57.7 Å². The fraction of sp³-hybridized carbons (Fsp3) is 0.591. The monoisotopic (exact) mass is 464 g/mol. The second-order valence-electron chi connectivity index (χ2n) is 9.73. The van der Waals surface area contributed by atoms with Crippen LogP contribution in [0.2, 0.25) is 0 Å². The van der Waals surface area contributed by atoms with Crippen molar-refractivity contribution in [1.29, 1.82) is 0 Å². The first kappa shape index (κ1) is 20.5. The van der Waals surface area contributed by atoms with E-state index in [-0.39, 0.29) is 17.7 Å². The van der Waals surface area contributed by atoms with Crippen LogP contribution in [0.1, 0.15) is 62.4 Å².